The number of nitrogens with one attached hydrogen (secondary N) is 2. The minimum Gasteiger partial charge on any atom is -0.339 e. The maximum atomic E-state index is 13.4. The van der Waals surface area contributed by atoms with Crippen LogP contribution in [0, 0.1) is 13.8 Å². The fourth-order valence-electron chi connectivity index (χ4n) is 4.49. The van der Waals surface area contributed by atoms with E-state index in [1.165, 1.54) is 0 Å². The van der Waals surface area contributed by atoms with Crippen LogP contribution < -0.4 is 10.6 Å². The van der Waals surface area contributed by atoms with Gasteiger partial charge < -0.3 is 10.6 Å². The van der Waals surface area contributed by atoms with Crippen LogP contribution in [-0.2, 0) is 4.79 Å². The zero-order valence-electron chi connectivity index (χ0n) is 18.7. The molecular formula is C27H23ClN4O2. The number of fused-ring (bicyclic) bond motifs is 1. The van der Waals surface area contributed by atoms with Gasteiger partial charge in [0.2, 0.25) is 5.91 Å². The molecule has 6 nitrogen and oxygen atoms in total. The van der Waals surface area contributed by atoms with Gasteiger partial charge in [-0.05, 0) is 55.8 Å². The minimum atomic E-state index is -0.825. The van der Waals surface area contributed by atoms with Crippen molar-refractivity contribution in [3.63, 3.8) is 0 Å². The van der Waals surface area contributed by atoms with Crippen molar-refractivity contribution in [1.29, 1.82) is 0 Å². The van der Waals surface area contributed by atoms with E-state index in [1.54, 1.807) is 28.9 Å². The number of carbonyl (C=O) groups is 2. The Balaban J connectivity index is 1.62. The molecule has 1 aromatic heterocycles. The van der Waals surface area contributed by atoms with Crippen LogP contribution in [0.5, 0.6) is 0 Å². The lowest BCUT2D eigenvalue weighted by atomic mass is 9.82. The molecule has 2 N–H and O–H groups in total. The van der Waals surface area contributed by atoms with Crippen LogP contribution in [0.4, 0.5) is 5.82 Å². The Morgan fingerprint density at radius 2 is 1.74 bits per heavy atom. The topological polar surface area (TPSA) is 76.0 Å². The van der Waals surface area contributed by atoms with E-state index in [0.29, 0.717) is 16.4 Å². The van der Waals surface area contributed by atoms with Crippen molar-refractivity contribution in [2.24, 2.45) is 0 Å². The van der Waals surface area contributed by atoms with Crippen LogP contribution in [-0.4, -0.2) is 27.6 Å². The van der Waals surface area contributed by atoms with Gasteiger partial charge in [-0.1, -0.05) is 59.6 Å². The van der Waals surface area contributed by atoms with Crippen molar-refractivity contribution < 1.29 is 9.59 Å². The molecule has 0 saturated heterocycles. The smallest absolute Gasteiger partial charge is 0.251 e. The highest BCUT2D eigenvalue weighted by Crippen LogP contribution is 2.40. The van der Waals surface area contributed by atoms with Gasteiger partial charge in [0, 0.05) is 22.1 Å². The maximum absolute atomic E-state index is 13.4. The molecule has 0 spiro atoms. The Hall–Kier alpha value is -3.90. The third kappa shape index (κ3) is 3.97. The lowest BCUT2D eigenvalue weighted by Crippen LogP contribution is -2.50. The number of amides is 2. The number of hydrogen-bond donors (Lipinski definition) is 2. The quantitative estimate of drug-likeness (QED) is 0.439. The average Bonchev–Trinajstić information content (AvgIpc) is 3.16. The first kappa shape index (κ1) is 21.9. The number of carbonyl (C=O) groups excluding carboxylic acids is 2. The van der Waals surface area contributed by atoms with Gasteiger partial charge in [-0.2, -0.15) is 5.10 Å². The Kier molecular flexibility index (Phi) is 5.67. The van der Waals surface area contributed by atoms with Gasteiger partial charge in [-0.25, -0.2) is 4.68 Å². The fraction of sp³-hybridized carbons (Fsp3) is 0.148. The summed E-state index contributed by atoms with van der Waals surface area (Å²) in [5.74, 6) is -0.438. The highest BCUT2D eigenvalue weighted by atomic mass is 35.5. The van der Waals surface area contributed by atoms with Crippen LogP contribution in [0.1, 0.15) is 38.7 Å². The van der Waals surface area contributed by atoms with Crippen LogP contribution in [0.2, 0.25) is 5.02 Å². The zero-order valence-corrected chi connectivity index (χ0v) is 19.5. The summed E-state index contributed by atoms with van der Waals surface area (Å²) in [6.45, 7) is 3.84. The van der Waals surface area contributed by atoms with Crippen molar-refractivity contribution in [3.8, 4) is 5.69 Å². The maximum Gasteiger partial charge on any atom is 0.251 e. The molecule has 34 heavy (non-hydrogen) atoms. The Morgan fingerprint density at radius 3 is 2.44 bits per heavy atom. The van der Waals surface area contributed by atoms with Crippen molar-refractivity contribution in [2.75, 3.05) is 5.32 Å². The first-order chi connectivity index (χ1) is 16.4. The van der Waals surface area contributed by atoms with Gasteiger partial charge in [-0.3, -0.25) is 9.59 Å². The molecule has 2 amide bonds. The molecule has 3 aromatic carbocycles. The van der Waals surface area contributed by atoms with E-state index in [0.717, 1.165) is 28.1 Å². The number of rotatable bonds is 4. The van der Waals surface area contributed by atoms with E-state index in [9.17, 15) is 9.59 Å². The lowest BCUT2D eigenvalue weighted by Gasteiger charge is -2.33. The van der Waals surface area contributed by atoms with Gasteiger partial charge in [0.15, 0.2) is 0 Å². The molecule has 4 aromatic rings. The predicted octanol–water partition coefficient (Wildman–Crippen LogP) is 5.03. The van der Waals surface area contributed by atoms with Crippen molar-refractivity contribution in [1.82, 2.24) is 15.1 Å². The van der Waals surface area contributed by atoms with Crippen molar-refractivity contribution >= 4 is 29.2 Å². The molecule has 0 saturated carbocycles. The molecule has 0 bridgehead atoms. The second-order valence-corrected chi connectivity index (χ2v) is 8.87. The van der Waals surface area contributed by atoms with Gasteiger partial charge >= 0.3 is 0 Å². The monoisotopic (exact) mass is 470 g/mol. The molecule has 0 radical (unpaired) electrons. The van der Waals surface area contributed by atoms with Crippen LogP contribution in [0.3, 0.4) is 0 Å². The molecule has 0 fully saturated rings. The van der Waals surface area contributed by atoms with Gasteiger partial charge in [0.1, 0.15) is 11.9 Å². The van der Waals surface area contributed by atoms with E-state index in [2.05, 4.69) is 10.6 Å². The molecule has 7 heteroatoms. The van der Waals surface area contributed by atoms with E-state index >= 15 is 0 Å². The summed E-state index contributed by atoms with van der Waals surface area (Å²) in [5.41, 5.74) is 4.81. The molecule has 0 unspecified atom stereocenters. The standard InChI is InChI=1S/C27H23ClN4O2/c1-16-7-6-8-19(15-16)26(33)29-24-23(18-11-13-20(28)14-12-18)22-17(2)31-32(25(22)30-27(24)34)21-9-4-3-5-10-21/h3-15,23-24H,1-2H3,(H,29,33)(H,30,34)/t23-,24-/m0/s1. The molecule has 2 atom stereocenters. The normalized spacial score (nSPS) is 17.1. The van der Waals surface area contributed by atoms with Crippen molar-refractivity contribution in [3.05, 3.63) is 112 Å². The van der Waals surface area contributed by atoms with Gasteiger partial charge in [-0.15, -0.1) is 0 Å². The van der Waals surface area contributed by atoms with E-state index in [1.807, 2.05) is 68.4 Å². The highest BCUT2D eigenvalue weighted by molar-refractivity contribution is 6.30. The summed E-state index contributed by atoms with van der Waals surface area (Å²) >= 11 is 6.14. The molecule has 0 aliphatic carbocycles. The van der Waals surface area contributed by atoms with Crippen LogP contribution in [0.25, 0.3) is 5.69 Å². The number of para-hydroxylation sites is 1. The number of aromatic nitrogens is 2. The number of anilines is 1. The summed E-state index contributed by atoms with van der Waals surface area (Å²) in [4.78, 5) is 26.6. The second-order valence-electron chi connectivity index (χ2n) is 8.43. The van der Waals surface area contributed by atoms with E-state index < -0.39 is 12.0 Å². The highest BCUT2D eigenvalue weighted by Gasteiger charge is 2.41. The first-order valence-corrected chi connectivity index (χ1v) is 11.4. The molecule has 2 heterocycles. The first-order valence-electron chi connectivity index (χ1n) is 11.0. The molecular weight excluding hydrogens is 448 g/mol. The number of halogens is 1. The van der Waals surface area contributed by atoms with Crippen molar-refractivity contribution in [2.45, 2.75) is 25.8 Å². The molecule has 1 aliphatic heterocycles. The number of nitrogens with zero attached hydrogens (tertiary/aromatic N) is 2. The molecule has 5 rings (SSSR count). The molecule has 1 aliphatic rings. The summed E-state index contributed by atoms with van der Waals surface area (Å²) < 4.78 is 1.74. The average molecular weight is 471 g/mol. The SMILES string of the molecule is Cc1cccc(C(=O)N[C@@H]2C(=O)Nc3c(c(C)nn3-c3ccccc3)[C@@H]2c2ccc(Cl)cc2)c1. The number of benzene rings is 3. The number of aryl methyl sites for hydroxylation is 2. The summed E-state index contributed by atoms with van der Waals surface area (Å²) in [7, 11) is 0. The van der Waals surface area contributed by atoms with Gasteiger partial charge in [0.05, 0.1) is 11.4 Å². The Labute approximate surface area is 202 Å². The summed E-state index contributed by atoms with van der Waals surface area (Å²) in [5, 5.41) is 11.3. The third-order valence-electron chi connectivity index (χ3n) is 6.07. The van der Waals surface area contributed by atoms with E-state index in [-0.39, 0.29) is 11.8 Å². The number of hydrogen-bond acceptors (Lipinski definition) is 3. The van der Waals surface area contributed by atoms with Crippen LogP contribution >= 0.6 is 11.6 Å². The predicted molar refractivity (Wildman–Crippen MR) is 133 cm³/mol. The molecule has 170 valence electrons. The van der Waals surface area contributed by atoms with E-state index in [4.69, 9.17) is 16.7 Å². The van der Waals surface area contributed by atoms with Gasteiger partial charge in [0.25, 0.3) is 5.91 Å². The Morgan fingerprint density at radius 1 is 1.00 bits per heavy atom. The summed E-state index contributed by atoms with van der Waals surface area (Å²) in [6.07, 6.45) is 0. The fourth-order valence-corrected chi connectivity index (χ4v) is 4.62. The Bertz CT molecular complexity index is 1380. The lowest BCUT2D eigenvalue weighted by molar-refractivity contribution is -0.118. The van der Waals surface area contributed by atoms with Crippen LogP contribution in [0.15, 0.2) is 78.9 Å². The largest absolute Gasteiger partial charge is 0.339 e. The summed E-state index contributed by atoms with van der Waals surface area (Å²) in [6, 6.07) is 23.5. The second kappa shape index (κ2) is 8.80. The minimum absolute atomic E-state index is 0.300. The zero-order chi connectivity index (χ0) is 23.8. The third-order valence-corrected chi connectivity index (χ3v) is 6.32.